The summed E-state index contributed by atoms with van der Waals surface area (Å²) < 4.78 is 7.58. The second-order valence-corrected chi connectivity index (χ2v) is 6.75. The van der Waals surface area contributed by atoms with Crippen molar-refractivity contribution in [1.82, 2.24) is 14.8 Å². The van der Waals surface area contributed by atoms with Crippen molar-refractivity contribution in [3.05, 3.63) is 39.6 Å². The van der Waals surface area contributed by atoms with Gasteiger partial charge in [-0.2, -0.15) is 5.10 Å². The first-order chi connectivity index (χ1) is 10.5. The number of aromatic nitrogens is 3. The van der Waals surface area contributed by atoms with Crippen molar-refractivity contribution >= 4 is 33.7 Å². The molecule has 0 atom stereocenters. The molecule has 0 aliphatic rings. The summed E-state index contributed by atoms with van der Waals surface area (Å²) in [6.45, 7) is 4.59. The molecule has 0 bridgehead atoms. The zero-order chi connectivity index (χ0) is 16.3. The molecular weight excluding hydrogens is 366 g/mol. The van der Waals surface area contributed by atoms with Gasteiger partial charge in [-0.1, -0.05) is 41.5 Å². The average molecular weight is 384 g/mol. The van der Waals surface area contributed by atoms with Crippen LogP contribution in [0, 0.1) is 0 Å². The Morgan fingerprint density at radius 3 is 2.77 bits per heavy atom. The molecule has 0 radical (unpaired) electrons. The third-order valence-corrected chi connectivity index (χ3v) is 4.31. The molecule has 2 rings (SSSR count). The first-order valence-electron chi connectivity index (χ1n) is 6.81. The number of benzene rings is 1. The predicted octanol–water partition coefficient (Wildman–Crippen LogP) is 3.72. The Morgan fingerprint density at radius 1 is 1.45 bits per heavy atom. The molecule has 0 saturated heterocycles. The van der Waals surface area contributed by atoms with Crippen molar-refractivity contribution in [3.8, 4) is 0 Å². The smallest absolute Gasteiger partial charge is 0.338 e. The SMILES string of the molecule is COC(=O)c1ccc(Br)cc1Cn1nc(C(C)C)nc1SC. The number of halogens is 1. The summed E-state index contributed by atoms with van der Waals surface area (Å²) >= 11 is 4.98. The number of hydrogen-bond donors (Lipinski definition) is 0. The maximum absolute atomic E-state index is 11.9. The Labute approximate surface area is 142 Å². The van der Waals surface area contributed by atoms with E-state index in [1.165, 1.54) is 18.9 Å². The van der Waals surface area contributed by atoms with E-state index in [9.17, 15) is 4.79 Å². The maximum atomic E-state index is 11.9. The Bertz CT molecular complexity index is 685. The van der Waals surface area contributed by atoms with Gasteiger partial charge in [-0.05, 0) is 30.0 Å². The van der Waals surface area contributed by atoms with Crippen LogP contribution in [-0.2, 0) is 11.3 Å². The van der Waals surface area contributed by atoms with Gasteiger partial charge in [-0.15, -0.1) is 0 Å². The number of carbonyl (C=O) groups excluding carboxylic acids is 1. The van der Waals surface area contributed by atoms with E-state index in [1.54, 1.807) is 6.07 Å². The summed E-state index contributed by atoms with van der Waals surface area (Å²) in [5.74, 6) is 0.714. The second-order valence-electron chi connectivity index (χ2n) is 5.06. The van der Waals surface area contributed by atoms with Crippen molar-refractivity contribution in [3.63, 3.8) is 0 Å². The van der Waals surface area contributed by atoms with E-state index in [1.807, 2.05) is 23.1 Å². The van der Waals surface area contributed by atoms with Crippen LogP contribution in [0.2, 0.25) is 0 Å². The van der Waals surface area contributed by atoms with Gasteiger partial charge in [0, 0.05) is 10.4 Å². The molecule has 0 N–H and O–H groups in total. The topological polar surface area (TPSA) is 57.0 Å². The zero-order valence-electron chi connectivity index (χ0n) is 13.0. The van der Waals surface area contributed by atoms with E-state index in [4.69, 9.17) is 4.74 Å². The molecule has 5 nitrogen and oxygen atoms in total. The van der Waals surface area contributed by atoms with Gasteiger partial charge < -0.3 is 4.74 Å². The Morgan fingerprint density at radius 2 is 2.18 bits per heavy atom. The van der Waals surface area contributed by atoms with E-state index < -0.39 is 0 Å². The number of rotatable bonds is 5. The number of nitrogens with zero attached hydrogens (tertiary/aromatic N) is 3. The maximum Gasteiger partial charge on any atom is 0.338 e. The summed E-state index contributed by atoms with van der Waals surface area (Å²) in [7, 11) is 1.38. The van der Waals surface area contributed by atoms with Gasteiger partial charge in [0.2, 0.25) is 0 Å². The molecule has 0 unspecified atom stereocenters. The fourth-order valence-corrected chi connectivity index (χ4v) is 2.92. The van der Waals surface area contributed by atoms with Crippen molar-refractivity contribution in [2.45, 2.75) is 31.5 Å². The molecule has 7 heteroatoms. The van der Waals surface area contributed by atoms with Crippen LogP contribution in [0.3, 0.4) is 0 Å². The largest absolute Gasteiger partial charge is 0.465 e. The lowest BCUT2D eigenvalue weighted by atomic mass is 10.1. The molecule has 1 aromatic heterocycles. The fourth-order valence-electron chi connectivity index (χ4n) is 2.01. The van der Waals surface area contributed by atoms with Crippen LogP contribution in [-0.4, -0.2) is 34.1 Å². The second kappa shape index (κ2) is 7.28. The summed E-state index contributed by atoms with van der Waals surface area (Å²) in [6.07, 6.45) is 1.97. The number of methoxy groups -OCH3 is 1. The summed E-state index contributed by atoms with van der Waals surface area (Å²) in [6, 6.07) is 5.49. The summed E-state index contributed by atoms with van der Waals surface area (Å²) in [4.78, 5) is 16.4. The van der Waals surface area contributed by atoms with Crippen molar-refractivity contribution in [1.29, 1.82) is 0 Å². The fraction of sp³-hybridized carbons (Fsp3) is 0.400. The van der Waals surface area contributed by atoms with Gasteiger partial charge in [0.1, 0.15) is 0 Å². The van der Waals surface area contributed by atoms with Gasteiger partial charge in [0.25, 0.3) is 0 Å². The van der Waals surface area contributed by atoms with Crippen LogP contribution >= 0.6 is 27.7 Å². The standard InChI is InChI=1S/C15H18BrN3O2S/c1-9(2)13-17-15(22-4)19(18-13)8-10-7-11(16)5-6-12(10)14(20)21-3/h5-7,9H,8H2,1-4H3. The highest BCUT2D eigenvalue weighted by atomic mass is 79.9. The zero-order valence-corrected chi connectivity index (χ0v) is 15.4. The molecule has 1 heterocycles. The molecule has 0 aliphatic carbocycles. The lowest BCUT2D eigenvalue weighted by Crippen LogP contribution is -2.11. The minimum atomic E-state index is -0.350. The molecule has 0 fully saturated rings. The third-order valence-electron chi connectivity index (χ3n) is 3.15. The molecule has 0 aliphatic heterocycles. The monoisotopic (exact) mass is 383 g/mol. The molecule has 1 aromatic carbocycles. The summed E-state index contributed by atoms with van der Waals surface area (Å²) in [5, 5.41) is 5.38. The molecule has 2 aromatic rings. The Kier molecular flexibility index (Phi) is 5.63. The molecule has 0 amide bonds. The van der Waals surface area contributed by atoms with Crippen LogP contribution in [0.1, 0.15) is 41.5 Å². The average Bonchev–Trinajstić information content (AvgIpc) is 2.90. The quantitative estimate of drug-likeness (QED) is 0.581. The predicted molar refractivity (Wildman–Crippen MR) is 90.5 cm³/mol. The normalized spacial score (nSPS) is 11.0. The minimum absolute atomic E-state index is 0.259. The highest BCUT2D eigenvalue weighted by Gasteiger charge is 2.16. The van der Waals surface area contributed by atoms with Gasteiger partial charge in [-0.25, -0.2) is 14.5 Å². The molecule has 0 spiro atoms. The summed E-state index contributed by atoms with van der Waals surface area (Å²) in [5.41, 5.74) is 1.39. The van der Waals surface area contributed by atoms with Crippen molar-refractivity contribution in [2.24, 2.45) is 0 Å². The number of thioether (sulfide) groups is 1. The highest BCUT2D eigenvalue weighted by Crippen LogP contribution is 2.22. The van der Waals surface area contributed by atoms with Crippen LogP contribution in [0.5, 0.6) is 0 Å². The Hall–Kier alpha value is -1.34. The van der Waals surface area contributed by atoms with Crippen molar-refractivity contribution < 1.29 is 9.53 Å². The number of esters is 1. The van der Waals surface area contributed by atoms with Crippen molar-refractivity contribution in [2.75, 3.05) is 13.4 Å². The number of carbonyl (C=O) groups is 1. The highest BCUT2D eigenvalue weighted by molar-refractivity contribution is 9.10. The molecule has 22 heavy (non-hydrogen) atoms. The Balaban J connectivity index is 2.42. The molecule has 118 valence electrons. The number of hydrogen-bond acceptors (Lipinski definition) is 5. The first kappa shape index (κ1) is 17.0. The van der Waals surface area contributed by atoms with E-state index in [2.05, 4.69) is 39.9 Å². The lowest BCUT2D eigenvalue weighted by molar-refractivity contribution is 0.0599. The molecule has 0 saturated carbocycles. The van der Waals surface area contributed by atoms with E-state index in [0.717, 1.165) is 21.0 Å². The van der Waals surface area contributed by atoms with Gasteiger partial charge in [-0.3, -0.25) is 0 Å². The van der Waals surface area contributed by atoms with Crippen LogP contribution in [0.15, 0.2) is 27.8 Å². The molecular formula is C15H18BrN3O2S. The van der Waals surface area contributed by atoms with Gasteiger partial charge in [0.05, 0.1) is 19.2 Å². The van der Waals surface area contributed by atoms with E-state index in [-0.39, 0.29) is 11.9 Å². The third kappa shape index (κ3) is 3.70. The van der Waals surface area contributed by atoms with Gasteiger partial charge in [0.15, 0.2) is 11.0 Å². The van der Waals surface area contributed by atoms with Gasteiger partial charge >= 0.3 is 5.97 Å². The van der Waals surface area contributed by atoms with E-state index in [0.29, 0.717) is 12.1 Å². The van der Waals surface area contributed by atoms with Crippen LogP contribution < -0.4 is 0 Å². The number of ether oxygens (including phenoxy) is 1. The minimum Gasteiger partial charge on any atom is -0.465 e. The first-order valence-corrected chi connectivity index (χ1v) is 8.83. The van der Waals surface area contributed by atoms with Crippen LogP contribution in [0.4, 0.5) is 0 Å². The van der Waals surface area contributed by atoms with E-state index >= 15 is 0 Å². The van der Waals surface area contributed by atoms with Crippen LogP contribution in [0.25, 0.3) is 0 Å². The lowest BCUT2D eigenvalue weighted by Gasteiger charge is -2.10.